The maximum Gasteiger partial charge on any atom is 0.227 e. The van der Waals surface area contributed by atoms with E-state index in [9.17, 15) is 4.39 Å². The third-order valence-corrected chi connectivity index (χ3v) is 4.49. The molecule has 1 aliphatic rings. The molecule has 0 aliphatic carbocycles. The maximum atomic E-state index is 13.1. The Morgan fingerprint density at radius 2 is 1.73 bits per heavy atom. The van der Waals surface area contributed by atoms with E-state index in [4.69, 9.17) is 0 Å². The van der Waals surface area contributed by atoms with Crippen molar-refractivity contribution >= 4 is 17.5 Å². The number of nitrogens with zero attached hydrogens (tertiary/aromatic N) is 5. The van der Waals surface area contributed by atoms with Gasteiger partial charge in [0, 0.05) is 44.6 Å². The van der Waals surface area contributed by atoms with Crippen LogP contribution in [0.3, 0.4) is 0 Å². The zero-order valence-corrected chi connectivity index (χ0v) is 15.5. The van der Waals surface area contributed by atoms with E-state index in [1.54, 1.807) is 0 Å². The molecule has 1 aromatic heterocycles. The molecule has 0 spiro atoms. The van der Waals surface area contributed by atoms with Crippen molar-refractivity contribution in [2.75, 3.05) is 68.5 Å². The molecule has 1 N–H and O–H groups in total. The summed E-state index contributed by atoms with van der Waals surface area (Å²) in [6, 6.07) is 8.60. The standard InChI is InChI=1S/C19H27FN6/c1-24(2)11-3-9-21-18-8-10-22-19(23-18)26-14-12-25(13-15-26)17-6-4-16(20)5-7-17/h4-8,10H,3,9,11-15H2,1-2H3,(H,21,22,23). The van der Waals surface area contributed by atoms with Gasteiger partial charge in [-0.3, -0.25) is 0 Å². The lowest BCUT2D eigenvalue weighted by Gasteiger charge is -2.36. The molecule has 0 atom stereocenters. The Kier molecular flexibility index (Phi) is 6.22. The van der Waals surface area contributed by atoms with Crippen LogP contribution >= 0.6 is 0 Å². The minimum atomic E-state index is -0.198. The van der Waals surface area contributed by atoms with Crippen LogP contribution in [0.5, 0.6) is 0 Å². The molecule has 7 heteroatoms. The monoisotopic (exact) mass is 358 g/mol. The molecule has 2 aromatic rings. The summed E-state index contributed by atoms with van der Waals surface area (Å²) in [5.74, 6) is 1.44. The van der Waals surface area contributed by atoms with Gasteiger partial charge >= 0.3 is 0 Å². The van der Waals surface area contributed by atoms with Gasteiger partial charge in [-0.05, 0) is 57.4 Å². The summed E-state index contributed by atoms with van der Waals surface area (Å²) in [4.78, 5) is 15.7. The van der Waals surface area contributed by atoms with Gasteiger partial charge in [0.15, 0.2) is 0 Å². The van der Waals surface area contributed by atoms with Gasteiger partial charge in [-0.2, -0.15) is 4.98 Å². The van der Waals surface area contributed by atoms with E-state index in [-0.39, 0.29) is 5.82 Å². The van der Waals surface area contributed by atoms with Crippen molar-refractivity contribution in [3.63, 3.8) is 0 Å². The maximum absolute atomic E-state index is 13.1. The fraction of sp³-hybridized carbons (Fsp3) is 0.474. The predicted octanol–water partition coefficient (Wildman–Crippen LogP) is 2.31. The smallest absolute Gasteiger partial charge is 0.227 e. The van der Waals surface area contributed by atoms with Gasteiger partial charge in [-0.15, -0.1) is 0 Å². The molecule has 26 heavy (non-hydrogen) atoms. The molecule has 6 nitrogen and oxygen atoms in total. The summed E-state index contributed by atoms with van der Waals surface area (Å²) in [6.07, 6.45) is 2.88. The molecule has 2 heterocycles. The first-order chi connectivity index (χ1) is 12.6. The van der Waals surface area contributed by atoms with Crippen molar-refractivity contribution in [2.24, 2.45) is 0 Å². The Balaban J connectivity index is 1.52. The summed E-state index contributed by atoms with van der Waals surface area (Å²) in [6.45, 7) is 5.39. The lowest BCUT2D eigenvalue weighted by molar-refractivity contribution is 0.405. The number of piperazine rings is 1. The quantitative estimate of drug-likeness (QED) is 0.767. The molecule has 1 aliphatic heterocycles. The lowest BCUT2D eigenvalue weighted by atomic mass is 10.2. The van der Waals surface area contributed by atoms with Crippen LogP contribution in [0.2, 0.25) is 0 Å². The van der Waals surface area contributed by atoms with Crippen molar-refractivity contribution < 1.29 is 4.39 Å². The van der Waals surface area contributed by atoms with E-state index < -0.39 is 0 Å². The molecule has 0 radical (unpaired) electrons. The highest BCUT2D eigenvalue weighted by atomic mass is 19.1. The highest BCUT2D eigenvalue weighted by Crippen LogP contribution is 2.19. The average molecular weight is 358 g/mol. The Hall–Kier alpha value is -2.41. The second-order valence-electron chi connectivity index (χ2n) is 6.78. The summed E-state index contributed by atoms with van der Waals surface area (Å²) in [7, 11) is 4.16. The van der Waals surface area contributed by atoms with Gasteiger partial charge in [0.2, 0.25) is 5.95 Å². The van der Waals surface area contributed by atoms with E-state index in [0.29, 0.717) is 0 Å². The molecular formula is C19H27FN6. The average Bonchev–Trinajstić information content (AvgIpc) is 2.66. The Morgan fingerprint density at radius 1 is 1.04 bits per heavy atom. The molecule has 0 saturated carbocycles. The Bertz CT molecular complexity index is 683. The van der Waals surface area contributed by atoms with Gasteiger partial charge in [-0.25, -0.2) is 9.37 Å². The third-order valence-electron chi connectivity index (χ3n) is 4.49. The number of hydrogen-bond acceptors (Lipinski definition) is 6. The van der Waals surface area contributed by atoms with Crippen LogP contribution in [-0.4, -0.2) is 68.2 Å². The van der Waals surface area contributed by atoms with E-state index in [0.717, 1.165) is 63.1 Å². The highest BCUT2D eigenvalue weighted by molar-refractivity contribution is 5.49. The van der Waals surface area contributed by atoms with Crippen LogP contribution in [0.25, 0.3) is 0 Å². The number of nitrogens with one attached hydrogen (secondary N) is 1. The minimum Gasteiger partial charge on any atom is -0.370 e. The van der Waals surface area contributed by atoms with Gasteiger partial charge in [0.1, 0.15) is 11.6 Å². The molecular weight excluding hydrogens is 331 g/mol. The van der Waals surface area contributed by atoms with E-state index in [2.05, 4.69) is 44.1 Å². The minimum absolute atomic E-state index is 0.198. The SMILES string of the molecule is CN(C)CCCNc1ccnc(N2CCN(c3ccc(F)cc3)CC2)n1. The number of benzene rings is 1. The summed E-state index contributed by atoms with van der Waals surface area (Å²) >= 11 is 0. The molecule has 3 rings (SSSR count). The first-order valence-electron chi connectivity index (χ1n) is 9.09. The molecule has 1 saturated heterocycles. The van der Waals surface area contributed by atoms with Crippen LogP contribution in [0, 0.1) is 5.82 Å². The van der Waals surface area contributed by atoms with Crippen molar-refractivity contribution in [1.82, 2.24) is 14.9 Å². The number of halogens is 1. The zero-order chi connectivity index (χ0) is 18.4. The second-order valence-corrected chi connectivity index (χ2v) is 6.78. The third kappa shape index (κ3) is 5.05. The Labute approximate surface area is 154 Å². The molecule has 0 unspecified atom stereocenters. The number of anilines is 3. The van der Waals surface area contributed by atoms with Crippen molar-refractivity contribution in [3.8, 4) is 0 Å². The normalized spacial score (nSPS) is 14.8. The van der Waals surface area contributed by atoms with Crippen LogP contribution in [0.4, 0.5) is 21.8 Å². The van der Waals surface area contributed by atoms with Crippen LogP contribution in [0.15, 0.2) is 36.5 Å². The number of hydrogen-bond donors (Lipinski definition) is 1. The van der Waals surface area contributed by atoms with E-state index in [1.165, 1.54) is 12.1 Å². The van der Waals surface area contributed by atoms with Gasteiger partial charge in [0.05, 0.1) is 0 Å². The lowest BCUT2D eigenvalue weighted by Crippen LogP contribution is -2.47. The van der Waals surface area contributed by atoms with Crippen molar-refractivity contribution in [3.05, 3.63) is 42.3 Å². The number of aromatic nitrogens is 2. The van der Waals surface area contributed by atoms with Crippen LogP contribution in [0.1, 0.15) is 6.42 Å². The van der Waals surface area contributed by atoms with Crippen LogP contribution < -0.4 is 15.1 Å². The number of rotatable bonds is 7. The van der Waals surface area contributed by atoms with E-state index in [1.807, 2.05) is 24.4 Å². The second kappa shape index (κ2) is 8.80. The Morgan fingerprint density at radius 3 is 2.42 bits per heavy atom. The summed E-state index contributed by atoms with van der Waals surface area (Å²) in [5.41, 5.74) is 1.06. The van der Waals surface area contributed by atoms with Crippen LogP contribution in [-0.2, 0) is 0 Å². The molecule has 140 valence electrons. The fourth-order valence-corrected chi connectivity index (χ4v) is 3.03. The first-order valence-corrected chi connectivity index (χ1v) is 9.09. The molecule has 1 aromatic carbocycles. The van der Waals surface area contributed by atoms with Gasteiger partial charge < -0.3 is 20.0 Å². The largest absolute Gasteiger partial charge is 0.370 e. The summed E-state index contributed by atoms with van der Waals surface area (Å²) in [5, 5.41) is 3.37. The molecule has 1 fully saturated rings. The highest BCUT2D eigenvalue weighted by Gasteiger charge is 2.19. The van der Waals surface area contributed by atoms with Crippen molar-refractivity contribution in [1.29, 1.82) is 0 Å². The predicted molar refractivity (Wildman–Crippen MR) is 105 cm³/mol. The topological polar surface area (TPSA) is 47.5 Å². The first kappa shape index (κ1) is 18.4. The molecule has 0 bridgehead atoms. The van der Waals surface area contributed by atoms with Gasteiger partial charge in [0.25, 0.3) is 0 Å². The molecule has 0 amide bonds. The van der Waals surface area contributed by atoms with Gasteiger partial charge in [-0.1, -0.05) is 0 Å². The van der Waals surface area contributed by atoms with E-state index >= 15 is 0 Å². The van der Waals surface area contributed by atoms with Crippen molar-refractivity contribution in [2.45, 2.75) is 6.42 Å². The summed E-state index contributed by atoms with van der Waals surface area (Å²) < 4.78 is 13.1. The zero-order valence-electron chi connectivity index (χ0n) is 15.5. The fourth-order valence-electron chi connectivity index (χ4n) is 3.03.